The van der Waals surface area contributed by atoms with Gasteiger partial charge >= 0.3 is 0 Å². The molecule has 14 heavy (non-hydrogen) atoms. The van der Waals surface area contributed by atoms with Crippen molar-refractivity contribution in [2.75, 3.05) is 5.73 Å². The summed E-state index contributed by atoms with van der Waals surface area (Å²) in [7, 11) is 0. The Balaban J connectivity index is 2.58. The van der Waals surface area contributed by atoms with Crippen molar-refractivity contribution in [3.05, 3.63) is 36.0 Å². The number of nitrogen functional groups attached to an aromatic ring is 1. The Bertz CT molecular complexity index is 448. The molecule has 72 valence electrons. The number of nitrogens with zero attached hydrogens (tertiary/aromatic N) is 2. The second-order valence-electron chi connectivity index (χ2n) is 3.07. The lowest BCUT2D eigenvalue weighted by Gasteiger charge is -2.02. The second kappa shape index (κ2) is 3.38. The summed E-state index contributed by atoms with van der Waals surface area (Å²) in [5.41, 5.74) is 7.65. The molecule has 0 aliphatic carbocycles. The van der Waals surface area contributed by atoms with Crippen LogP contribution in [0.15, 0.2) is 35.2 Å². The molecule has 1 heterocycles. The lowest BCUT2D eigenvalue weighted by atomic mass is 10.3. The van der Waals surface area contributed by atoms with Gasteiger partial charge in [0.1, 0.15) is 5.82 Å². The van der Waals surface area contributed by atoms with Gasteiger partial charge in [0.15, 0.2) is 0 Å². The van der Waals surface area contributed by atoms with E-state index in [-0.39, 0.29) is 0 Å². The van der Waals surface area contributed by atoms with Gasteiger partial charge in [0, 0.05) is 0 Å². The first-order valence-corrected chi connectivity index (χ1v) is 4.74. The Kier molecular flexibility index (Phi) is 2.21. The van der Waals surface area contributed by atoms with Gasteiger partial charge in [-0.05, 0) is 19.1 Å². The Morgan fingerprint density at radius 2 is 1.93 bits per heavy atom. The molecule has 1 aromatic carbocycles. The second-order valence-corrected chi connectivity index (χ2v) is 3.51. The van der Waals surface area contributed by atoms with Crippen LogP contribution in [0, 0.1) is 6.92 Å². The summed E-state index contributed by atoms with van der Waals surface area (Å²) in [6, 6.07) is 9.76. The molecule has 0 aliphatic rings. The summed E-state index contributed by atoms with van der Waals surface area (Å²) in [5.74, 6) is 0.581. The molecule has 0 fully saturated rings. The molecule has 2 aromatic rings. The van der Waals surface area contributed by atoms with Crippen LogP contribution in [0.5, 0.6) is 0 Å². The summed E-state index contributed by atoms with van der Waals surface area (Å²) < 4.78 is 1.69. The third-order valence-corrected chi connectivity index (χ3v) is 2.62. The van der Waals surface area contributed by atoms with Gasteiger partial charge in [-0.15, -0.1) is 12.6 Å². The van der Waals surface area contributed by atoms with Gasteiger partial charge in [-0.2, -0.15) is 5.10 Å². The molecule has 0 amide bonds. The van der Waals surface area contributed by atoms with Gasteiger partial charge in [0.05, 0.1) is 16.3 Å². The average molecular weight is 205 g/mol. The number of hydrogen-bond acceptors (Lipinski definition) is 3. The van der Waals surface area contributed by atoms with Gasteiger partial charge in [-0.25, -0.2) is 4.68 Å². The summed E-state index contributed by atoms with van der Waals surface area (Å²) in [5, 5.41) is 4.30. The van der Waals surface area contributed by atoms with Crippen LogP contribution in [0.25, 0.3) is 5.69 Å². The normalized spacial score (nSPS) is 10.4. The van der Waals surface area contributed by atoms with E-state index in [4.69, 9.17) is 5.73 Å². The van der Waals surface area contributed by atoms with Gasteiger partial charge in [0.25, 0.3) is 0 Å². The first kappa shape index (κ1) is 9.15. The molecule has 0 aliphatic heterocycles. The molecule has 3 nitrogen and oxygen atoms in total. The number of aromatic nitrogens is 2. The number of para-hydroxylation sites is 1. The minimum Gasteiger partial charge on any atom is -0.383 e. The molecule has 0 radical (unpaired) electrons. The fourth-order valence-electron chi connectivity index (χ4n) is 1.30. The molecule has 0 saturated heterocycles. The first-order chi connectivity index (χ1) is 6.70. The highest BCUT2D eigenvalue weighted by Crippen LogP contribution is 2.23. The molecular formula is C10H11N3S. The largest absolute Gasteiger partial charge is 0.383 e. The van der Waals surface area contributed by atoms with Crippen molar-refractivity contribution in [2.24, 2.45) is 0 Å². The fraction of sp³-hybridized carbons (Fsp3) is 0.100. The van der Waals surface area contributed by atoms with Crippen molar-refractivity contribution >= 4 is 18.4 Å². The van der Waals surface area contributed by atoms with E-state index in [9.17, 15) is 0 Å². The van der Waals surface area contributed by atoms with Crippen molar-refractivity contribution in [1.29, 1.82) is 0 Å². The minimum absolute atomic E-state index is 0.581. The highest BCUT2D eigenvalue weighted by atomic mass is 32.1. The Labute approximate surface area is 88.0 Å². The number of nitrogens with two attached hydrogens (primary N) is 1. The Morgan fingerprint density at radius 3 is 2.43 bits per heavy atom. The zero-order valence-electron chi connectivity index (χ0n) is 7.81. The van der Waals surface area contributed by atoms with E-state index in [1.54, 1.807) is 4.68 Å². The molecule has 0 saturated carbocycles. The summed E-state index contributed by atoms with van der Waals surface area (Å²) in [4.78, 5) is 0.744. The molecule has 0 spiro atoms. The number of thiol groups is 1. The maximum Gasteiger partial charge on any atom is 0.140 e. The van der Waals surface area contributed by atoms with Crippen LogP contribution in [-0.2, 0) is 0 Å². The number of hydrogen-bond donors (Lipinski definition) is 2. The van der Waals surface area contributed by atoms with Crippen molar-refractivity contribution in [1.82, 2.24) is 9.78 Å². The quantitative estimate of drug-likeness (QED) is 0.700. The third-order valence-electron chi connectivity index (χ3n) is 2.06. The summed E-state index contributed by atoms with van der Waals surface area (Å²) >= 11 is 4.27. The van der Waals surface area contributed by atoms with Crippen molar-refractivity contribution in [3.63, 3.8) is 0 Å². The smallest absolute Gasteiger partial charge is 0.140 e. The van der Waals surface area contributed by atoms with Gasteiger partial charge < -0.3 is 5.73 Å². The van der Waals surface area contributed by atoms with E-state index in [0.717, 1.165) is 16.3 Å². The van der Waals surface area contributed by atoms with Crippen LogP contribution in [0.1, 0.15) is 5.69 Å². The zero-order chi connectivity index (χ0) is 10.1. The van der Waals surface area contributed by atoms with Crippen LogP contribution < -0.4 is 5.73 Å². The van der Waals surface area contributed by atoms with E-state index in [2.05, 4.69) is 17.7 Å². The van der Waals surface area contributed by atoms with E-state index in [0.29, 0.717) is 5.82 Å². The predicted octanol–water partition coefficient (Wildman–Crippen LogP) is 2.05. The third kappa shape index (κ3) is 1.37. The lowest BCUT2D eigenvalue weighted by Crippen LogP contribution is -2.01. The minimum atomic E-state index is 0.581. The molecule has 2 N–H and O–H groups in total. The highest BCUT2D eigenvalue weighted by molar-refractivity contribution is 7.80. The van der Waals surface area contributed by atoms with Gasteiger partial charge in [-0.1, -0.05) is 18.2 Å². The highest BCUT2D eigenvalue weighted by Gasteiger charge is 2.09. The first-order valence-electron chi connectivity index (χ1n) is 4.29. The van der Waals surface area contributed by atoms with Gasteiger partial charge in [-0.3, -0.25) is 0 Å². The molecule has 4 heteroatoms. The number of benzene rings is 1. The van der Waals surface area contributed by atoms with Crippen molar-refractivity contribution in [2.45, 2.75) is 11.8 Å². The van der Waals surface area contributed by atoms with Crippen LogP contribution in [0.4, 0.5) is 5.82 Å². The molecular weight excluding hydrogens is 194 g/mol. The monoisotopic (exact) mass is 205 g/mol. The molecule has 2 rings (SSSR count). The SMILES string of the molecule is Cc1nn(-c2ccccc2)c(N)c1S. The number of aryl methyl sites for hydroxylation is 1. The van der Waals surface area contributed by atoms with E-state index in [1.807, 2.05) is 37.3 Å². The summed E-state index contributed by atoms with van der Waals surface area (Å²) in [6.07, 6.45) is 0. The number of rotatable bonds is 1. The maximum atomic E-state index is 5.86. The maximum absolute atomic E-state index is 5.86. The standard InChI is InChI=1S/C10H11N3S/c1-7-9(14)10(11)13(12-7)8-5-3-2-4-6-8/h2-6,14H,11H2,1H3. The van der Waals surface area contributed by atoms with Crippen molar-refractivity contribution < 1.29 is 0 Å². The van der Waals surface area contributed by atoms with Gasteiger partial charge in [0.2, 0.25) is 0 Å². The average Bonchev–Trinajstić information content (AvgIpc) is 2.47. The topological polar surface area (TPSA) is 43.8 Å². The molecule has 0 atom stereocenters. The Hall–Kier alpha value is -1.42. The fourth-order valence-corrected chi connectivity index (χ4v) is 1.44. The van der Waals surface area contributed by atoms with E-state index < -0.39 is 0 Å². The van der Waals surface area contributed by atoms with Crippen LogP contribution in [0.3, 0.4) is 0 Å². The van der Waals surface area contributed by atoms with Crippen LogP contribution >= 0.6 is 12.6 Å². The zero-order valence-corrected chi connectivity index (χ0v) is 8.70. The number of anilines is 1. The summed E-state index contributed by atoms with van der Waals surface area (Å²) in [6.45, 7) is 1.89. The lowest BCUT2D eigenvalue weighted by molar-refractivity contribution is 0.872. The Morgan fingerprint density at radius 1 is 1.29 bits per heavy atom. The van der Waals surface area contributed by atoms with E-state index >= 15 is 0 Å². The van der Waals surface area contributed by atoms with Crippen LogP contribution in [-0.4, -0.2) is 9.78 Å². The predicted molar refractivity (Wildman–Crippen MR) is 60.0 cm³/mol. The molecule has 0 unspecified atom stereocenters. The van der Waals surface area contributed by atoms with Crippen LogP contribution in [0.2, 0.25) is 0 Å². The van der Waals surface area contributed by atoms with Crippen molar-refractivity contribution in [3.8, 4) is 5.69 Å². The molecule has 0 bridgehead atoms. The molecule has 1 aromatic heterocycles. The van der Waals surface area contributed by atoms with E-state index in [1.165, 1.54) is 0 Å².